The number of cyclic esters (lactones) is 1. The molecule has 3 heterocycles. The number of rotatable bonds is 9. The fourth-order valence-electron chi connectivity index (χ4n) is 4.30. The maximum absolute atomic E-state index is 13.6. The molecule has 4 rings (SSSR count). The highest BCUT2D eigenvalue weighted by atomic mass is 16.5. The maximum Gasteiger partial charge on any atom is 0.408 e. The molecule has 2 aromatic rings. The van der Waals surface area contributed by atoms with Crippen molar-refractivity contribution in [3.8, 4) is 0 Å². The molecule has 0 bridgehead atoms. The van der Waals surface area contributed by atoms with Crippen molar-refractivity contribution in [2.75, 3.05) is 13.2 Å². The molecule has 3 atom stereocenters. The molecule has 1 aromatic carbocycles. The zero-order valence-electron chi connectivity index (χ0n) is 19.7. The number of likely N-dealkylation sites (tertiary alicyclic amines) is 1. The van der Waals surface area contributed by atoms with Crippen LogP contribution in [-0.2, 0) is 36.9 Å². The summed E-state index contributed by atoms with van der Waals surface area (Å²) in [5.41, 5.74) is 0.810. The van der Waals surface area contributed by atoms with Crippen molar-refractivity contribution in [1.82, 2.24) is 36.2 Å². The van der Waals surface area contributed by atoms with E-state index in [-0.39, 0.29) is 44.4 Å². The molecule has 0 saturated carbocycles. The Morgan fingerprint density at radius 2 is 2.06 bits per heavy atom. The number of aryl methyl sites for hydroxylation is 1. The number of carbonyl (C=O) groups is 4. The first kappa shape index (κ1) is 25.1. The van der Waals surface area contributed by atoms with Gasteiger partial charge in [-0.15, -0.1) is 10.2 Å². The van der Waals surface area contributed by atoms with Crippen molar-refractivity contribution < 1.29 is 28.7 Å². The van der Waals surface area contributed by atoms with E-state index in [1.54, 1.807) is 0 Å². The molecule has 2 aliphatic heterocycles. The van der Waals surface area contributed by atoms with E-state index in [0.717, 1.165) is 18.4 Å². The van der Waals surface area contributed by atoms with Gasteiger partial charge in [0.15, 0.2) is 5.82 Å². The summed E-state index contributed by atoms with van der Waals surface area (Å²) in [4.78, 5) is 52.1. The van der Waals surface area contributed by atoms with Gasteiger partial charge in [0, 0.05) is 13.0 Å². The second-order valence-corrected chi connectivity index (χ2v) is 8.76. The number of aromatic amines is 1. The van der Waals surface area contributed by atoms with Crippen LogP contribution in [0.5, 0.6) is 0 Å². The molecular formula is C23H29N7O6. The molecule has 3 amide bonds. The number of ether oxygens (including phenoxy) is 2. The SMILES string of the molecule is O=C1C[C@H](NC(=O)[C@@H]2CCCCN2C(=O)[C@H](CCc2nn[nH]n2)NC(=O)OCc2ccccc2)CO1. The number of hydrogen-bond acceptors (Lipinski definition) is 9. The lowest BCUT2D eigenvalue weighted by Crippen LogP contribution is -2.58. The van der Waals surface area contributed by atoms with Gasteiger partial charge < -0.3 is 25.0 Å². The van der Waals surface area contributed by atoms with Crippen LogP contribution >= 0.6 is 0 Å². The fourth-order valence-corrected chi connectivity index (χ4v) is 4.30. The lowest BCUT2D eigenvalue weighted by atomic mass is 9.98. The smallest absolute Gasteiger partial charge is 0.408 e. The number of esters is 1. The van der Waals surface area contributed by atoms with Crippen molar-refractivity contribution in [2.24, 2.45) is 0 Å². The van der Waals surface area contributed by atoms with Crippen LogP contribution in [0.1, 0.15) is 43.5 Å². The van der Waals surface area contributed by atoms with Gasteiger partial charge in [0.1, 0.15) is 25.3 Å². The first-order valence-electron chi connectivity index (χ1n) is 12.0. The maximum atomic E-state index is 13.6. The van der Waals surface area contributed by atoms with Gasteiger partial charge in [0.2, 0.25) is 11.8 Å². The highest BCUT2D eigenvalue weighted by molar-refractivity contribution is 5.92. The van der Waals surface area contributed by atoms with E-state index in [2.05, 4.69) is 31.3 Å². The normalized spacial score (nSPS) is 20.3. The van der Waals surface area contributed by atoms with Gasteiger partial charge in [0.05, 0.1) is 12.5 Å². The Labute approximate surface area is 207 Å². The van der Waals surface area contributed by atoms with Crippen LogP contribution in [0.3, 0.4) is 0 Å². The van der Waals surface area contributed by atoms with Crippen molar-refractivity contribution in [3.63, 3.8) is 0 Å². The quantitative estimate of drug-likeness (QED) is 0.409. The molecule has 0 spiro atoms. The summed E-state index contributed by atoms with van der Waals surface area (Å²) in [5, 5.41) is 19.1. The monoisotopic (exact) mass is 499 g/mol. The minimum Gasteiger partial charge on any atom is -0.463 e. The van der Waals surface area contributed by atoms with Crippen LogP contribution < -0.4 is 10.6 Å². The number of aromatic nitrogens is 4. The molecule has 13 heteroatoms. The number of carbonyl (C=O) groups excluding carboxylic acids is 4. The molecule has 0 aliphatic carbocycles. The number of amides is 3. The summed E-state index contributed by atoms with van der Waals surface area (Å²) in [6.07, 6.45) is 1.82. The third-order valence-electron chi connectivity index (χ3n) is 6.14. The molecule has 0 unspecified atom stereocenters. The van der Waals surface area contributed by atoms with E-state index in [0.29, 0.717) is 18.8 Å². The molecule has 2 fully saturated rings. The number of nitrogens with one attached hydrogen (secondary N) is 3. The standard InChI is InChI=1S/C23H29N7O6/c31-20-12-16(14-35-20)24-21(32)18-8-4-5-11-30(18)22(33)17(9-10-19-26-28-29-27-19)25-23(34)36-13-15-6-2-1-3-7-15/h1-3,6-7,16-18H,4-5,8-14H2,(H,24,32)(H,25,34)(H,26,27,28,29)/t16-,17-,18-/m0/s1. The van der Waals surface area contributed by atoms with Crippen LogP contribution in [0.15, 0.2) is 30.3 Å². The number of H-pyrrole nitrogens is 1. The van der Waals surface area contributed by atoms with Crippen LogP contribution in [0.4, 0.5) is 4.79 Å². The van der Waals surface area contributed by atoms with Gasteiger partial charge in [-0.3, -0.25) is 14.4 Å². The number of benzene rings is 1. The predicted molar refractivity (Wildman–Crippen MR) is 123 cm³/mol. The van der Waals surface area contributed by atoms with E-state index in [1.165, 1.54) is 4.90 Å². The zero-order valence-corrected chi connectivity index (χ0v) is 19.7. The van der Waals surface area contributed by atoms with Gasteiger partial charge in [-0.05, 0) is 31.2 Å². The van der Waals surface area contributed by atoms with E-state index in [9.17, 15) is 19.2 Å². The van der Waals surface area contributed by atoms with E-state index in [1.807, 2.05) is 30.3 Å². The van der Waals surface area contributed by atoms with Gasteiger partial charge in [-0.1, -0.05) is 35.5 Å². The summed E-state index contributed by atoms with van der Waals surface area (Å²) in [6, 6.07) is 7.10. The van der Waals surface area contributed by atoms with Crippen molar-refractivity contribution in [2.45, 2.75) is 63.3 Å². The second-order valence-electron chi connectivity index (χ2n) is 8.76. The van der Waals surface area contributed by atoms with Gasteiger partial charge in [-0.2, -0.15) is 5.21 Å². The van der Waals surface area contributed by atoms with Crippen molar-refractivity contribution in [1.29, 1.82) is 0 Å². The Morgan fingerprint density at radius 3 is 2.78 bits per heavy atom. The lowest BCUT2D eigenvalue weighted by molar-refractivity contribution is -0.144. The van der Waals surface area contributed by atoms with Crippen LogP contribution in [0.2, 0.25) is 0 Å². The summed E-state index contributed by atoms with van der Waals surface area (Å²) < 4.78 is 10.2. The number of alkyl carbamates (subject to hydrolysis) is 1. The lowest BCUT2D eigenvalue weighted by Gasteiger charge is -2.37. The molecule has 1 aromatic heterocycles. The Hall–Kier alpha value is -4.03. The second kappa shape index (κ2) is 12.1. The Balaban J connectivity index is 1.42. The Bertz CT molecular complexity index is 1050. The van der Waals surface area contributed by atoms with Crippen LogP contribution in [-0.4, -0.2) is 80.7 Å². The zero-order chi connectivity index (χ0) is 25.3. The fraction of sp³-hybridized carbons (Fsp3) is 0.522. The molecule has 0 radical (unpaired) electrons. The van der Waals surface area contributed by atoms with Crippen LogP contribution in [0.25, 0.3) is 0 Å². The van der Waals surface area contributed by atoms with Crippen molar-refractivity contribution >= 4 is 23.9 Å². The summed E-state index contributed by atoms with van der Waals surface area (Å²) in [5.74, 6) is -0.702. The third kappa shape index (κ3) is 6.77. The van der Waals surface area contributed by atoms with Gasteiger partial charge >= 0.3 is 12.1 Å². The van der Waals surface area contributed by atoms with Gasteiger partial charge in [-0.25, -0.2) is 4.79 Å². The first-order valence-corrected chi connectivity index (χ1v) is 12.0. The van der Waals surface area contributed by atoms with E-state index in [4.69, 9.17) is 9.47 Å². The molecule has 3 N–H and O–H groups in total. The summed E-state index contributed by atoms with van der Waals surface area (Å²) in [6.45, 7) is 0.541. The average molecular weight is 500 g/mol. The Kier molecular flexibility index (Phi) is 8.42. The Morgan fingerprint density at radius 1 is 1.22 bits per heavy atom. The molecule has 13 nitrogen and oxygen atoms in total. The van der Waals surface area contributed by atoms with E-state index < -0.39 is 30.1 Å². The van der Waals surface area contributed by atoms with Crippen molar-refractivity contribution in [3.05, 3.63) is 41.7 Å². The number of piperidine rings is 1. The highest BCUT2D eigenvalue weighted by Crippen LogP contribution is 2.20. The van der Waals surface area contributed by atoms with Gasteiger partial charge in [0.25, 0.3) is 0 Å². The van der Waals surface area contributed by atoms with E-state index >= 15 is 0 Å². The molecule has 2 aliphatic rings. The molecular weight excluding hydrogens is 470 g/mol. The average Bonchev–Trinajstić information content (AvgIpc) is 3.57. The summed E-state index contributed by atoms with van der Waals surface area (Å²) in [7, 11) is 0. The minimum atomic E-state index is -0.962. The highest BCUT2D eigenvalue weighted by Gasteiger charge is 2.38. The number of hydrogen-bond donors (Lipinski definition) is 3. The topological polar surface area (TPSA) is 168 Å². The number of nitrogens with zero attached hydrogens (tertiary/aromatic N) is 4. The third-order valence-corrected chi connectivity index (χ3v) is 6.14. The predicted octanol–water partition coefficient (Wildman–Crippen LogP) is 0.240. The molecule has 2 saturated heterocycles. The molecule has 36 heavy (non-hydrogen) atoms. The first-order chi connectivity index (χ1) is 17.5. The number of tetrazole rings is 1. The minimum absolute atomic E-state index is 0.0509. The van der Waals surface area contributed by atoms with Crippen LogP contribution in [0, 0.1) is 0 Å². The summed E-state index contributed by atoms with van der Waals surface area (Å²) >= 11 is 0. The molecule has 192 valence electrons. The largest absolute Gasteiger partial charge is 0.463 e.